The van der Waals surface area contributed by atoms with Gasteiger partial charge in [-0.05, 0) is 43.3 Å². The summed E-state index contributed by atoms with van der Waals surface area (Å²) in [7, 11) is 0. The molecule has 1 fully saturated rings. The van der Waals surface area contributed by atoms with E-state index in [1.807, 2.05) is 18.4 Å². The van der Waals surface area contributed by atoms with Crippen LogP contribution >= 0.6 is 0 Å². The Morgan fingerprint density at radius 1 is 1.33 bits per heavy atom. The van der Waals surface area contributed by atoms with Crippen molar-refractivity contribution in [2.45, 2.75) is 26.2 Å². The first-order valence-electron chi connectivity index (χ1n) is 6.92. The maximum atomic E-state index is 5.62. The lowest BCUT2D eigenvalue weighted by Crippen LogP contribution is -2.22. The van der Waals surface area contributed by atoms with Crippen molar-refractivity contribution in [1.82, 2.24) is 5.32 Å². The monoisotopic (exact) mass is 243 g/mol. The van der Waals surface area contributed by atoms with Crippen molar-refractivity contribution in [3.05, 3.63) is 36.1 Å². The van der Waals surface area contributed by atoms with Crippen LogP contribution in [0.5, 0.6) is 0 Å². The Bertz CT molecular complexity index is 529. The molecule has 2 heteroatoms. The van der Waals surface area contributed by atoms with Gasteiger partial charge in [0, 0.05) is 10.9 Å². The van der Waals surface area contributed by atoms with E-state index in [0.29, 0.717) is 5.92 Å². The SMILES string of the molecule is CC(C)CNCC1CC1c1coc2ccccc12. The summed E-state index contributed by atoms with van der Waals surface area (Å²) < 4.78 is 5.62. The van der Waals surface area contributed by atoms with Gasteiger partial charge in [0.15, 0.2) is 0 Å². The molecule has 18 heavy (non-hydrogen) atoms. The lowest BCUT2D eigenvalue weighted by Gasteiger charge is -2.06. The minimum atomic E-state index is 0.702. The quantitative estimate of drug-likeness (QED) is 0.864. The average molecular weight is 243 g/mol. The van der Waals surface area contributed by atoms with Crippen LogP contribution in [0.3, 0.4) is 0 Å². The predicted octanol–water partition coefficient (Wildman–Crippen LogP) is 3.78. The highest BCUT2D eigenvalue weighted by atomic mass is 16.3. The summed E-state index contributed by atoms with van der Waals surface area (Å²) in [6, 6.07) is 8.35. The number of furan rings is 1. The molecule has 1 aliphatic carbocycles. The van der Waals surface area contributed by atoms with Crippen LogP contribution in [0.25, 0.3) is 11.0 Å². The van der Waals surface area contributed by atoms with Crippen LogP contribution in [0.15, 0.2) is 34.9 Å². The summed E-state index contributed by atoms with van der Waals surface area (Å²) >= 11 is 0. The highest BCUT2D eigenvalue weighted by Gasteiger charge is 2.39. The number of para-hydroxylation sites is 1. The molecule has 1 aromatic heterocycles. The number of nitrogens with one attached hydrogen (secondary N) is 1. The molecule has 0 radical (unpaired) electrons. The second kappa shape index (κ2) is 4.77. The molecular formula is C16H21NO. The second-order valence-electron chi connectivity index (χ2n) is 5.84. The third-order valence-electron chi connectivity index (χ3n) is 3.79. The van der Waals surface area contributed by atoms with Crippen molar-refractivity contribution in [2.75, 3.05) is 13.1 Å². The summed E-state index contributed by atoms with van der Waals surface area (Å²) in [6.45, 7) is 6.76. The topological polar surface area (TPSA) is 25.2 Å². The zero-order valence-electron chi connectivity index (χ0n) is 11.1. The average Bonchev–Trinajstić information content (AvgIpc) is 2.99. The van der Waals surface area contributed by atoms with Crippen LogP contribution in [0, 0.1) is 11.8 Å². The maximum Gasteiger partial charge on any atom is 0.134 e. The number of benzene rings is 1. The minimum absolute atomic E-state index is 0.702. The van der Waals surface area contributed by atoms with Gasteiger partial charge in [0.25, 0.3) is 0 Å². The summed E-state index contributed by atoms with van der Waals surface area (Å²) in [5, 5.41) is 4.86. The molecule has 0 bridgehead atoms. The Hall–Kier alpha value is -1.28. The zero-order chi connectivity index (χ0) is 12.5. The Labute approximate surface area is 108 Å². The summed E-state index contributed by atoms with van der Waals surface area (Å²) in [4.78, 5) is 0. The van der Waals surface area contributed by atoms with E-state index in [2.05, 4.69) is 31.3 Å². The minimum Gasteiger partial charge on any atom is -0.464 e. The van der Waals surface area contributed by atoms with Crippen LogP contribution in [0.2, 0.25) is 0 Å². The summed E-state index contributed by atoms with van der Waals surface area (Å²) in [6.07, 6.45) is 3.26. The molecule has 2 atom stereocenters. The molecule has 1 aromatic carbocycles. The Morgan fingerprint density at radius 3 is 3.00 bits per heavy atom. The third-order valence-corrected chi connectivity index (χ3v) is 3.79. The van der Waals surface area contributed by atoms with Crippen molar-refractivity contribution in [2.24, 2.45) is 11.8 Å². The van der Waals surface area contributed by atoms with Gasteiger partial charge in [-0.15, -0.1) is 0 Å². The molecule has 96 valence electrons. The molecule has 0 aliphatic heterocycles. The highest BCUT2D eigenvalue weighted by molar-refractivity contribution is 5.81. The van der Waals surface area contributed by atoms with Crippen molar-refractivity contribution < 1.29 is 4.42 Å². The van der Waals surface area contributed by atoms with E-state index >= 15 is 0 Å². The molecule has 0 saturated heterocycles. The Morgan fingerprint density at radius 2 is 2.17 bits per heavy atom. The first-order valence-corrected chi connectivity index (χ1v) is 6.92. The summed E-state index contributed by atoms with van der Waals surface area (Å²) in [5.74, 6) is 2.23. The lowest BCUT2D eigenvalue weighted by atomic mass is 10.1. The van der Waals surface area contributed by atoms with E-state index < -0.39 is 0 Å². The molecule has 0 spiro atoms. The second-order valence-corrected chi connectivity index (χ2v) is 5.84. The van der Waals surface area contributed by atoms with Gasteiger partial charge in [0.1, 0.15) is 5.58 Å². The van der Waals surface area contributed by atoms with E-state index in [-0.39, 0.29) is 0 Å². The molecule has 1 aliphatic rings. The van der Waals surface area contributed by atoms with E-state index in [9.17, 15) is 0 Å². The van der Waals surface area contributed by atoms with Gasteiger partial charge < -0.3 is 9.73 Å². The Balaban J connectivity index is 1.64. The largest absolute Gasteiger partial charge is 0.464 e. The molecule has 1 saturated carbocycles. The molecular weight excluding hydrogens is 222 g/mol. The Kier molecular flexibility index (Phi) is 3.13. The van der Waals surface area contributed by atoms with Crippen LogP contribution in [-0.2, 0) is 0 Å². The molecule has 1 heterocycles. The van der Waals surface area contributed by atoms with E-state index in [1.54, 1.807) is 0 Å². The lowest BCUT2D eigenvalue weighted by molar-refractivity contribution is 0.532. The van der Waals surface area contributed by atoms with Gasteiger partial charge in [-0.25, -0.2) is 0 Å². The number of rotatable bonds is 5. The third kappa shape index (κ3) is 2.30. The van der Waals surface area contributed by atoms with E-state index in [0.717, 1.165) is 30.5 Å². The molecule has 2 aromatic rings. The zero-order valence-corrected chi connectivity index (χ0v) is 11.1. The van der Waals surface area contributed by atoms with Crippen molar-refractivity contribution in [1.29, 1.82) is 0 Å². The van der Waals surface area contributed by atoms with Crippen LogP contribution < -0.4 is 5.32 Å². The standard InChI is InChI=1S/C16H21NO/c1-11(2)8-17-9-12-7-14(12)15-10-18-16-6-4-3-5-13(15)16/h3-6,10-12,14,17H,7-9H2,1-2H3. The van der Waals surface area contributed by atoms with Gasteiger partial charge in [-0.1, -0.05) is 32.0 Å². The number of hydrogen-bond acceptors (Lipinski definition) is 2. The number of hydrogen-bond donors (Lipinski definition) is 1. The van der Waals surface area contributed by atoms with E-state index in [4.69, 9.17) is 4.42 Å². The van der Waals surface area contributed by atoms with Crippen LogP contribution in [-0.4, -0.2) is 13.1 Å². The normalized spacial score (nSPS) is 22.8. The molecule has 0 amide bonds. The van der Waals surface area contributed by atoms with Crippen molar-refractivity contribution in [3.63, 3.8) is 0 Å². The van der Waals surface area contributed by atoms with Gasteiger partial charge in [0.05, 0.1) is 6.26 Å². The van der Waals surface area contributed by atoms with Gasteiger partial charge >= 0.3 is 0 Å². The number of fused-ring (bicyclic) bond motifs is 1. The first-order chi connectivity index (χ1) is 8.75. The molecule has 1 N–H and O–H groups in total. The van der Waals surface area contributed by atoms with Gasteiger partial charge in [-0.3, -0.25) is 0 Å². The maximum absolute atomic E-state index is 5.62. The van der Waals surface area contributed by atoms with Crippen molar-refractivity contribution in [3.8, 4) is 0 Å². The van der Waals surface area contributed by atoms with Gasteiger partial charge in [0.2, 0.25) is 0 Å². The smallest absolute Gasteiger partial charge is 0.134 e. The van der Waals surface area contributed by atoms with Crippen LogP contribution in [0.1, 0.15) is 31.7 Å². The highest BCUT2D eigenvalue weighted by Crippen LogP contribution is 2.49. The molecule has 2 nitrogen and oxygen atoms in total. The van der Waals surface area contributed by atoms with E-state index in [1.165, 1.54) is 17.4 Å². The molecule has 3 rings (SSSR count). The predicted molar refractivity (Wildman–Crippen MR) is 74.8 cm³/mol. The fraction of sp³-hybridized carbons (Fsp3) is 0.500. The van der Waals surface area contributed by atoms with Crippen molar-refractivity contribution >= 4 is 11.0 Å². The fourth-order valence-electron chi connectivity index (χ4n) is 2.70. The fourth-order valence-corrected chi connectivity index (χ4v) is 2.70. The van der Waals surface area contributed by atoms with Gasteiger partial charge in [-0.2, -0.15) is 0 Å². The molecule has 2 unspecified atom stereocenters. The first kappa shape index (κ1) is 11.8. The van der Waals surface area contributed by atoms with Crippen LogP contribution in [0.4, 0.5) is 0 Å². The summed E-state index contributed by atoms with van der Waals surface area (Å²) in [5.41, 5.74) is 2.43.